The van der Waals surface area contributed by atoms with Gasteiger partial charge >= 0.3 is 0 Å². The van der Waals surface area contributed by atoms with E-state index in [1.165, 1.54) is 23.8 Å². The summed E-state index contributed by atoms with van der Waals surface area (Å²) in [5, 5.41) is 10.7. The van der Waals surface area contributed by atoms with E-state index in [2.05, 4.69) is 75.1 Å². The highest BCUT2D eigenvalue weighted by Gasteiger charge is 2.32. The largest absolute Gasteiger partial charge is 0.386 e. The maximum absolute atomic E-state index is 14.8. The molecule has 1 fully saturated rings. The molecule has 0 saturated heterocycles. The number of hydrogen-bond acceptors (Lipinski definition) is 3. The average molecular weight is 531 g/mol. The van der Waals surface area contributed by atoms with E-state index in [9.17, 15) is 9.50 Å². The smallest absolute Gasteiger partial charge is 0.127 e. The van der Waals surface area contributed by atoms with E-state index >= 15 is 0 Å². The molecule has 1 saturated carbocycles. The molecule has 3 aromatic carbocycles. The van der Waals surface area contributed by atoms with Gasteiger partial charge in [0, 0.05) is 11.8 Å². The number of hydrogen-bond donors (Lipinski definition) is 1. The van der Waals surface area contributed by atoms with Gasteiger partial charge in [0.25, 0.3) is 0 Å². The van der Waals surface area contributed by atoms with Crippen molar-refractivity contribution in [2.45, 2.75) is 83.7 Å². The fourth-order valence-electron chi connectivity index (χ4n) is 6.23. The lowest BCUT2D eigenvalue weighted by molar-refractivity contribution is -0.271. The van der Waals surface area contributed by atoms with Crippen molar-refractivity contribution in [1.29, 1.82) is 0 Å². The van der Waals surface area contributed by atoms with Crippen LogP contribution < -0.4 is 0 Å². The fraction of sp³-hybridized carbons (Fsp3) is 0.429. The first-order valence-corrected chi connectivity index (χ1v) is 14.3. The summed E-state index contributed by atoms with van der Waals surface area (Å²) in [6.07, 6.45) is 10.4. The molecule has 1 N–H and O–H groups in total. The molecule has 0 aromatic heterocycles. The summed E-state index contributed by atoms with van der Waals surface area (Å²) in [5.41, 5.74) is 7.87. The second-order valence-corrected chi connectivity index (χ2v) is 11.1. The first-order chi connectivity index (χ1) is 18.7. The molecule has 0 spiro atoms. The molecule has 1 aliphatic carbocycles. The maximum atomic E-state index is 14.8. The third kappa shape index (κ3) is 6.35. The lowest BCUT2D eigenvalue weighted by Gasteiger charge is -2.34. The predicted molar refractivity (Wildman–Crippen MR) is 158 cm³/mol. The number of aliphatic hydroxyl groups is 1. The van der Waals surface area contributed by atoms with Crippen LogP contribution in [0.25, 0.3) is 17.2 Å². The van der Waals surface area contributed by atoms with Gasteiger partial charge in [-0.25, -0.2) is 14.2 Å². The second-order valence-electron chi connectivity index (χ2n) is 11.1. The Morgan fingerprint density at radius 2 is 1.59 bits per heavy atom. The minimum Gasteiger partial charge on any atom is -0.386 e. The van der Waals surface area contributed by atoms with Crippen molar-refractivity contribution in [3.63, 3.8) is 0 Å². The van der Waals surface area contributed by atoms with Gasteiger partial charge < -0.3 is 5.11 Å². The zero-order valence-electron chi connectivity index (χ0n) is 24.1. The van der Waals surface area contributed by atoms with Crippen LogP contribution >= 0.6 is 0 Å². The van der Waals surface area contributed by atoms with Gasteiger partial charge in [0.05, 0.1) is 19.3 Å². The van der Waals surface area contributed by atoms with E-state index in [4.69, 9.17) is 4.89 Å². The molecule has 0 aliphatic heterocycles. The van der Waals surface area contributed by atoms with Crippen LogP contribution in [0.15, 0.2) is 60.7 Å². The van der Waals surface area contributed by atoms with E-state index < -0.39 is 5.60 Å². The number of rotatable bonds is 11. The molecule has 3 nitrogen and oxygen atoms in total. The second kappa shape index (κ2) is 12.6. The Hall–Kier alpha value is -2.79. The van der Waals surface area contributed by atoms with Crippen LogP contribution in [0, 0.1) is 19.7 Å². The quantitative estimate of drug-likeness (QED) is 0.153. The standard InChI is InChI=1S/C35H43FO3/c1-6-35(7-2,30-13-12-27(25(3)22-30)16-20-34(37)18-8-9-19-34)31-14-15-32(26(4)23-31)29-11-10-28(33(36)24-29)17-21-39-38-5/h10-16,20,22-24,37H,6-9,17-19,21H2,1-5H3/b20-16+. The Bertz CT molecular complexity index is 1300. The lowest BCUT2D eigenvalue weighted by Crippen LogP contribution is -2.26. The third-order valence-corrected chi connectivity index (χ3v) is 8.79. The minimum absolute atomic E-state index is 0.115. The normalized spacial score (nSPS) is 15.4. The molecule has 39 heavy (non-hydrogen) atoms. The molecule has 3 aromatic rings. The fourth-order valence-corrected chi connectivity index (χ4v) is 6.23. The van der Waals surface area contributed by atoms with Gasteiger partial charge in [0.15, 0.2) is 0 Å². The van der Waals surface area contributed by atoms with E-state index in [0.717, 1.165) is 60.8 Å². The highest BCUT2D eigenvalue weighted by Crippen LogP contribution is 2.41. The highest BCUT2D eigenvalue weighted by molar-refractivity contribution is 5.69. The van der Waals surface area contributed by atoms with Gasteiger partial charge in [-0.2, -0.15) is 0 Å². The van der Waals surface area contributed by atoms with Crippen LogP contribution in [0.5, 0.6) is 0 Å². The first-order valence-electron chi connectivity index (χ1n) is 14.3. The van der Waals surface area contributed by atoms with E-state index in [-0.39, 0.29) is 11.2 Å². The van der Waals surface area contributed by atoms with Crippen LogP contribution in [0.1, 0.15) is 85.8 Å². The number of aryl methyl sites for hydroxylation is 2. The Labute approximate surface area is 233 Å². The zero-order chi connectivity index (χ0) is 28.0. The SMILES string of the molecule is CCC(CC)(c1ccc(/C=C/C2(O)CCCC2)c(C)c1)c1ccc(-c2ccc(CCOOC)c(F)c2)c(C)c1. The van der Waals surface area contributed by atoms with Crippen molar-refractivity contribution in [2.75, 3.05) is 13.7 Å². The van der Waals surface area contributed by atoms with Gasteiger partial charge in [-0.15, -0.1) is 0 Å². The summed E-state index contributed by atoms with van der Waals surface area (Å²) >= 11 is 0. The molecule has 4 heteroatoms. The molecule has 0 amide bonds. The Balaban J connectivity index is 1.62. The number of benzene rings is 3. The molecule has 0 atom stereocenters. The summed E-state index contributed by atoms with van der Waals surface area (Å²) in [6.45, 7) is 9.10. The monoisotopic (exact) mass is 530 g/mol. The van der Waals surface area contributed by atoms with Crippen molar-refractivity contribution in [3.8, 4) is 11.1 Å². The molecular formula is C35H43FO3. The molecule has 4 rings (SSSR count). The van der Waals surface area contributed by atoms with Crippen LogP contribution in [0.2, 0.25) is 0 Å². The summed E-state index contributed by atoms with van der Waals surface area (Å²) < 4.78 is 14.8. The van der Waals surface area contributed by atoms with Crippen molar-refractivity contribution in [3.05, 3.63) is 99.9 Å². The van der Waals surface area contributed by atoms with E-state index in [1.807, 2.05) is 18.2 Å². The van der Waals surface area contributed by atoms with E-state index in [1.54, 1.807) is 6.07 Å². The Morgan fingerprint density at radius 3 is 2.18 bits per heavy atom. The summed E-state index contributed by atoms with van der Waals surface area (Å²) in [5.74, 6) is -0.225. The van der Waals surface area contributed by atoms with Crippen molar-refractivity contribution in [2.24, 2.45) is 0 Å². The lowest BCUT2D eigenvalue weighted by atomic mass is 9.69. The van der Waals surface area contributed by atoms with Gasteiger partial charge in [-0.1, -0.05) is 87.4 Å². The molecule has 0 radical (unpaired) electrons. The Kier molecular flexibility index (Phi) is 9.43. The molecule has 208 valence electrons. The molecule has 0 unspecified atom stereocenters. The van der Waals surface area contributed by atoms with E-state index in [0.29, 0.717) is 18.6 Å². The minimum atomic E-state index is -0.650. The molecular weight excluding hydrogens is 487 g/mol. The van der Waals surface area contributed by atoms with Gasteiger partial charge in [0.1, 0.15) is 5.82 Å². The van der Waals surface area contributed by atoms with Crippen LogP contribution in [-0.4, -0.2) is 24.4 Å². The average Bonchev–Trinajstić information content (AvgIpc) is 3.37. The summed E-state index contributed by atoms with van der Waals surface area (Å²) in [4.78, 5) is 9.51. The van der Waals surface area contributed by atoms with Crippen molar-refractivity contribution < 1.29 is 19.3 Å². The van der Waals surface area contributed by atoms with Gasteiger partial charge in [-0.05, 0) is 90.1 Å². The maximum Gasteiger partial charge on any atom is 0.127 e. The van der Waals surface area contributed by atoms with Gasteiger partial charge in [0.2, 0.25) is 0 Å². The topological polar surface area (TPSA) is 38.7 Å². The highest BCUT2D eigenvalue weighted by atomic mass is 19.1. The number of halogens is 1. The van der Waals surface area contributed by atoms with Gasteiger partial charge in [-0.3, -0.25) is 0 Å². The summed E-state index contributed by atoms with van der Waals surface area (Å²) in [7, 11) is 1.45. The first kappa shape index (κ1) is 29.2. The van der Waals surface area contributed by atoms with Crippen molar-refractivity contribution >= 4 is 6.08 Å². The summed E-state index contributed by atoms with van der Waals surface area (Å²) in [6, 6.07) is 18.8. The molecule has 0 heterocycles. The van der Waals surface area contributed by atoms with Crippen LogP contribution in [0.4, 0.5) is 4.39 Å². The van der Waals surface area contributed by atoms with Crippen LogP contribution in [0.3, 0.4) is 0 Å². The molecule has 1 aliphatic rings. The predicted octanol–water partition coefficient (Wildman–Crippen LogP) is 8.65. The zero-order valence-corrected chi connectivity index (χ0v) is 24.1. The van der Waals surface area contributed by atoms with Crippen molar-refractivity contribution in [1.82, 2.24) is 0 Å². The third-order valence-electron chi connectivity index (χ3n) is 8.79. The molecule has 0 bridgehead atoms. The van der Waals surface area contributed by atoms with Crippen LogP contribution in [-0.2, 0) is 21.6 Å². The Morgan fingerprint density at radius 1 is 0.923 bits per heavy atom.